The minimum Gasteiger partial charge on any atom is -0.478 e. The van der Waals surface area contributed by atoms with Gasteiger partial charge in [0.1, 0.15) is 5.82 Å². The highest BCUT2D eigenvalue weighted by molar-refractivity contribution is 7.92. The number of likely N-dealkylation sites (tertiary alicyclic amines) is 1. The van der Waals surface area contributed by atoms with Crippen LogP contribution in [0.1, 0.15) is 38.7 Å². The van der Waals surface area contributed by atoms with Gasteiger partial charge in [-0.2, -0.15) is 0 Å². The number of aryl methyl sites for hydroxylation is 2. The minimum atomic E-state index is -3.78. The fourth-order valence-corrected chi connectivity index (χ4v) is 5.62. The molecule has 0 unspecified atom stereocenters. The van der Waals surface area contributed by atoms with E-state index in [1.807, 2.05) is 13.8 Å². The number of aromatic carboxylic acids is 1. The highest BCUT2D eigenvalue weighted by atomic mass is 32.2. The number of carboxylic acids is 1. The van der Waals surface area contributed by atoms with Crippen molar-refractivity contribution in [1.29, 1.82) is 0 Å². The summed E-state index contributed by atoms with van der Waals surface area (Å²) in [5.74, 6) is -2.11. The molecule has 0 spiro atoms. The van der Waals surface area contributed by atoms with Crippen LogP contribution in [-0.4, -0.2) is 49.8 Å². The summed E-state index contributed by atoms with van der Waals surface area (Å²) in [5, 5.41) is 9.29. The van der Waals surface area contributed by atoms with Crippen molar-refractivity contribution in [2.24, 2.45) is 0 Å². The summed E-state index contributed by atoms with van der Waals surface area (Å²) in [4.78, 5) is 13.6. The topological polar surface area (TPSA) is 77.9 Å². The van der Waals surface area contributed by atoms with Crippen molar-refractivity contribution in [3.8, 4) is 0 Å². The molecule has 0 aromatic heterocycles. The molecule has 0 radical (unpaired) electrons. The van der Waals surface area contributed by atoms with Gasteiger partial charge in [-0.3, -0.25) is 9.21 Å². The van der Waals surface area contributed by atoms with E-state index in [-0.39, 0.29) is 17.3 Å². The van der Waals surface area contributed by atoms with Gasteiger partial charge in [0.05, 0.1) is 29.6 Å². The number of halogens is 1. The quantitative estimate of drug-likeness (QED) is 0.541. The Labute approximate surface area is 199 Å². The van der Waals surface area contributed by atoms with Crippen molar-refractivity contribution in [2.45, 2.75) is 25.9 Å². The van der Waals surface area contributed by atoms with Gasteiger partial charge >= 0.3 is 5.97 Å². The van der Waals surface area contributed by atoms with Crippen molar-refractivity contribution in [2.75, 3.05) is 23.7 Å². The monoisotopic (exact) mass is 482 g/mol. The second-order valence-corrected chi connectivity index (χ2v) is 10.8. The summed E-state index contributed by atoms with van der Waals surface area (Å²) in [5.41, 5.74) is 4.22. The Kier molecular flexibility index (Phi) is 6.47. The molecule has 34 heavy (non-hydrogen) atoms. The van der Waals surface area contributed by atoms with Gasteiger partial charge in [0.25, 0.3) is 0 Å². The minimum absolute atomic E-state index is 0.0202. The Hall–Kier alpha value is -3.23. The fraction of sp³-hybridized carbons (Fsp3) is 0.269. The summed E-state index contributed by atoms with van der Waals surface area (Å²) in [6.45, 7) is 4.88. The summed E-state index contributed by atoms with van der Waals surface area (Å²) < 4.78 is 40.7. The van der Waals surface area contributed by atoms with Crippen LogP contribution in [0.15, 0.2) is 66.7 Å². The van der Waals surface area contributed by atoms with Gasteiger partial charge in [0, 0.05) is 13.1 Å². The van der Waals surface area contributed by atoms with E-state index >= 15 is 0 Å². The standard InChI is InChI=1S/C26H27FN2O4S/c1-17-4-8-19(9-5-17)25(20-10-6-18(2)7-11-20)28-15-24(16-28)29(34(3,32)33)23-13-21(26(30)31)12-22(27)14-23/h4-14,24-25H,15-16H2,1-3H3,(H,30,31). The SMILES string of the molecule is Cc1ccc(C(c2ccc(C)cc2)N2CC(N(c3cc(F)cc(C(=O)O)c3)S(C)(=O)=O)C2)cc1. The summed E-state index contributed by atoms with van der Waals surface area (Å²) >= 11 is 0. The van der Waals surface area contributed by atoms with E-state index in [2.05, 4.69) is 53.4 Å². The Morgan fingerprint density at radius 3 is 1.91 bits per heavy atom. The Bertz CT molecular complexity index is 1260. The second kappa shape index (κ2) is 9.19. The molecule has 1 aliphatic heterocycles. The Morgan fingerprint density at radius 1 is 0.971 bits per heavy atom. The summed E-state index contributed by atoms with van der Waals surface area (Å²) in [7, 11) is -3.78. The molecule has 3 aromatic carbocycles. The molecule has 0 atom stereocenters. The molecule has 0 aliphatic carbocycles. The maximum absolute atomic E-state index is 14.1. The molecule has 1 saturated heterocycles. The zero-order valence-corrected chi connectivity index (χ0v) is 20.1. The maximum atomic E-state index is 14.1. The Balaban J connectivity index is 1.66. The summed E-state index contributed by atoms with van der Waals surface area (Å²) in [6.07, 6.45) is 1.05. The molecule has 1 aliphatic rings. The zero-order chi connectivity index (χ0) is 24.6. The van der Waals surface area contributed by atoms with E-state index in [4.69, 9.17) is 0 Å². The van der Waals surface area contributed by atoms with Crippen molar-refractivity contribution in [3.05, 3.63) is 100 Å². The molecule has 6 nitrogen and oxygen atoms in total. The van der Waals surface area contributed by atoms with Crippen LogP contribution < -0.4 is 4.31 Å². The van der Waals surface area contributed by atoms with Crippen LogP contribution >= 0.6 is 0 Å². The lowest BCUT2D eigenvalue weighted by Crippen LogP contribution is -2.61. The molecular weight excluding hydrogens is 455 g/mol. The first-order chi connectivity index (χ1) is 16.0. The van der Waals surface area contributed by atoms with Crippen LogP contribution in [0.4, 0.5) is 10.1 Å². The molecule has 0 amide bonds. The largest absolute Gasteiger partial charge is 0.478 e. The van der Waals surface area contributed by atoms with Crippen molar-refractivity contribution in [1.82, 2.24) is 4.90 Å². The predicted octanol–water partition coefficient (Wildman–Crippen LogP) is 4.38. The molecule has 1 N–H and O–H groups in total. The number of nitrogens with zero attached hydrogens (tertiary/aromatic N) is 2. The highest BCUT2D eigenvalue weighted by Crippen LogP contribution is 2.36. The summed E-state index contributed by atoms with van der Waals surface area (Å²) in [6, 6.07) is 19.1. The molecule has 0 saturated carbocycles. The third kappa shape index (κ3) is 4.98. The first-order valence-electron chi connectivity index (χ1n) is 10.9. The first-order valence-corrected chi connectivity index (χ1v) is 12.8. The second-order valence-electron chi connectivity index (χ2n) is 8.89. The molecule has 0 bridgehead atoms. The Morgan fingerprint density at radius 2 is 1.47 bits per heavy atom. The average Bonchev–Trinajstić information content (AvgIpc) is 2.73. The number of sulfonamides is 1. The smallest absolute Gasteiger partial charge is 0.335 e. The van der Waals surface area contributed by atoms with Crippen molar-refractivity contribution >= 4 is 21.7 Å². The lowest BCUT2D eigenvalue weighted by atomic mass is 9.92. The lowest BCUT2D eigenvalue weighted by Gasteiger charge is -2.48. The number of carboxylic acid groups (broad SMARTS) is 1. The predicted molar refractivity (Wildman–Crippen MR) is 130 cm³/mol. The highest BCUT2D eigenvalue weighted by Gasteiger charge is 2.41. The normalized spacial score (nSPS) is 14.7. The molecule has 4 rings (SSSR count). The van der Waals surface area contributed by atoms with Crippen LogP contribution in [-0.2, 0) is 10.0 Å². The van der Waals surface area contributed by atoms with Gasteiger partial charge in [-0.25, -0.2) is 17.6 Å². The zero-order valence-electron chi connectivity index (χ0n) is 19.3. The average molecular weight is 483 g/mol. The van der Waals surface area contributed by atoms with E-state index in [0.29, 0.717) is 13.1 Å². The molecule has 178 valence electrons. The lowest BCUT2D eigenvalue weighted by molar-refractivity contribution is 0.0696. The molecular formula is C26H27FN2O4S. The van der Waals surface area contributed by atoms with E-state index in [1.54, 1.807) is 0 Å². The number of anilines is 1. The third-order valence-electron chi connectivity index (χ3n) is 6.11. The van der Waals surface area contributed by atoms with E-state index in [1.165, 1.54) is 6.07 Å². The van der Waals surface area contributed by atoms with Gasteiger partial charge in [0.2, 0.25) is 10.0 Å². The molecule has 1 fully saturated rings. The van der Waals surface area contributed by atoms with E-state index < -0.39 is 27.9 Å². The molecule has 8 heteroatoms. The number of carbonyl (C=O) groups is 1. The first kappa shape index (κ1) is 23.9. The van der Waals surface area contributed by atoms with Crippen LogP contribution in [0.3, 0.4) is 0 Å². The van der Waals surface area contributed by atoms with Crippen LogP contribution in [0.25, 0.3) is 0 Å². The van der Waals surface area contributed by atoms with Crippen molar-refractivity contribution < 1.29 is 22.7 Å². The molecule has 3 aromatic rings. The van der Waals surface area contributed by atoms with Gasteiger partial charge in [0.15, 0.2) is 0 Å². The number of hydrogen-bond acceptors (Lipinski definition) is 4. The third-order valence-corrected chi connectivity index (χ3v) is 7.34. The van der Waals surface area contributed by atoms with Gasteiger partial charge in [-0.1, -0.05) is 59.7 Å². The number of benzene rings is 3. The van der Waals surface area contributed by atoms with Crippen LogP contribution in [0.5, 0.6) is 0 Å². The van der Waals surface area contributed by atoms with Crippen LogP contribution in [0.2, 0.25) is 0 Å². The number of rotatable bonds is 7. The van der Waals surface area contributed by atoms with Gasteiger partial charge in [-0.15, -0.1) is 0 Å². The van der Waals surface area contributed by atoms with E-state index in [0.717, 1.165) is 44.9 Å². The molecule has 1 heterocycles. The van der Waals surface area contributed by atoms with Crippen LogP contribution in [0, 0.1) is 19.7 Å². The van der Waals surface area contributed by atoms with Gasteiger partial charge in [-0.05, 0) is 43.2 Å². The number of hydrogen-bond donors (Lipinski definition) is 1. The maximum Gasteiger partial charge on any atom is 0.335 e. The fourth-order valence-electron chi connectivity index (χ4n) is 4.46. The van der Waals surface area contributed by atoms with E-state index in [9.17, 15) is 22.7 Å². The van der Waals surface area contributed by atoms with Gasteiger partial charge < -0.3 is 5.11 Å². The van der Waals surface area contributed by atoms with Crippen molar-refractivity contribution in [3.63, 3.8) is 0 Å².